The molecule has 2 N–H and O–H groups in total. The number of hydrogen-bond donors (Lipinski definition) is 2. The van der Waals surface area contributed by atoms with Gasteiger partial charge in [0, 0.05) is 24.0 Å². The predicted octanol–water partition coefficient (Wildman–Crippen LogP) is 2.08. The number of benzene rings is 1. The first-order chi connectivity index (χ1) is 8.91. The van der Waals surface area contributed by atoms with E-state index in [0.29, 0.717) is 10.6 Å². The summed E-state index contributed by atoms with van der Waals surface area (Å²) in [5.74, 6) is -2.80. The van der Waals surface area contributed by atoms with E-state index in [2.05, 4.69) is 0 Å². The molecule has 106 valence electrons. The van der Waals surface area contributed by atoms with Crippen molar-refractivity contribution in [3.63, 3.8) is 0 Å². The minimum absolute atomic E-state index is 0.0567. The van der Waals surface area contributed by atoms with Crippen molar-refractivity contribution in [3.05, 3.63) is 34.9 Å². The monoisotopic (exact) mass is 291 g/mol. The van der Waals surface area contributed by atoms with Gasteiger partial charge in [-0.25, -0.2) is 8.78 Å². The van der Waals surface area contributed by atoms with Crippen molar-refractivity contribution < 1.29 is 19.0 Å². The number of halogens is 3. The lowest BCUT2D eigenvalue weighted by atomic mass is 10.1. The highest BCUT2D eigenvalue weighted by Crippen LogP contribution is 2.33. The van der Waals surface area contributed by atoms with E-state index in [9.17, 15) is 13.9 Å². The summed E-state index contributed by atoms with van der Waals surface area (Å²) < 4.78 is 26.6. The van der Waals surface area contributed by atoms with Gasteiger partial charge >= 0.3 is 0 Å². The van der Waals surface area contributed by atoms with Gasteiger partial charge in [0.2, 0.25) is 0 Å². The van der Waals surface area contributed by atoms with Crippen LogP contribution in [-0.4, -0.2) is 46.8 Å². The average molecular weight is 292 g/mol. The number of rotatable bonds is 4. The van der Waals surface area contributed by atoms with Gasteiger partial charge in [0.15, 0.2) is 0 Å². The topological polar surface area (TPSA) is 43.7 Å². The second-order valence-electron chi connectivity index (χ2n) is 4.90. The standard InChI is InChI=1S/C13H16ClF2NO2/c14-10-3-1-2-9(4-10)12(19)6-17-8-13(15,16)5-11(17)7-18/h1-4,11-12,18-19H,5-8H2. The van der Waals surface area contributed by atoms with Crippen molar-refractivity contribution in [1.29, 1.82) is 0 Å². The fraction of sp³-hybridized carbons (Fsp3) is 0.538. The van der Waals surface area contributed by atoms with Crippen molar-refractivity contribution in [3.8, 4) is 0 Å². The van der Waals surface area contributed by atoms with Crippen LogP contribution in [0.25, 0.3) is 0 Å². The molecule has 0 spiro atoms. The second kappa shape index (κ2) is 5.71. The zero-order valence-corrected chi connectivity index (χ0v) is 11.0. The number of likely N-dealkylation sites (tertiary alicyclic amines) is 1. The summed E-state index contributed by atoms with van der Waals surface area (Å²) >= 11 is 5.82. The summed E-state index contributed by atoms with van der Waals surface area (Å²) in [4.78, 5) is 1.42. The zero-order chi connectivity index (χ0) is 14.0. The summed E-state index contributed by atoms with van der Waals surface area (Å²) in [6.45, 7) is -0.713. The lowest BCUT2D eigenvalue weighted by Crippen LogP contribution is -2.36. The van der Waals surface area contributed by atoms with Crippen LogP contribution < -0.4 is 0 Å². The summed E-state index contributed by atoms with van der Waals surface area (Å²) in [5, 5.41) is 19.7. The molecule has 19 heavy (non-hydrogen) atoms. The van der Waals surface area contributed by atoms with Gasteiger partial charge in [0.05, 0.1) is 19.3 Å². The Morgan fingerprint density at radius 1 is 1.47 bits per heavy atom. The molecule has 1 heterocycles. The van der Waals surface area contributed by atoms with Crippen molar-refractivity contribution in [2.24, 2.45) is 0 Å². The number of aliphatic hydroxyl groups is 2. The fourth-order valence-electron chi connectivity index (χ4n) is 2.40. The third-order valence-corrected chi connectivity index (χ3v) is 3.57. The molecule has 1 fully saturated rings. The number of nitrogens with zero attached hydrogens (tertiary/aromatic N) is 1. The molecule has 0 aromatic heterocycles. The Balaban J connectivity index is 2.04. The van der Waals surface area contributed by atoms with E-state index in [0.717, 1.165) is 0 Å². The van der Waals surface area contributed by atoms with E-state index in [-0.39, 0.29) is 19.6 Å². The Morgan fingerprint density at radius 2 is 2.21 bits per heavy atom. The Hall–Kier alpha value is -0.750. The smallest absolute Gasteiger partial charge is 0.262 e. The van der Waals surface area contributed by atoms with Crippen LogP contribution in [-0.2, 0) is 0 Å². The van der Waals surface area contributed by atoms with E-state index in [1.165, 1.54) is 4.90 Å². The molecule has 3 nitrogen and oxygen atoms in total. The fourth-order valence-corrected chi connectivity index (χ4v) is 2.60. The highest BCUT2D eigenvalue weighted by atomic mass is 35.5. The first-order valence-corrected chi connectivity index (χ1v) is 6.45. The van der Waals surface area contributed by atoms with Crippen LogP contribution in [0.1, 0.15) is 18.1 Å². The Morgan fingerprint density at radius 3 is 2.84 bits per heavy atom. The average Bonchev–Trinajstić information content (AvgIpc) is 2.63. The number of β-amino-alcohol motifs (C(OH)–C–C–N with tert-alkyl or cyclic N) is 1. The van der Waals surface area contributed by atoms with Crippen LogP contribution >= 0.6 is 11.6 Å². The van der Waals surface area contributed by atoms with Gasteiger partial charge in [-0.05, 0) is 17.7 Å². The van der Waals surface area contributed by atoms with Crippen LogP contribution in [0.5, 0.6) is 0 Å². The van der Waals surface area contributed by atoms with Gasteiger partial charge in [-0.3, -0.25) is 4.90 Å². The van der Waals surface area contributed by atoms with Crippen LogP contribution in [0.2, 0.25) is 5.02 Å². The Kier molecular flexibility index (Phi) is 4.40. The molecule has 0 radical (unpaired) electrons. The molecule has 6 heteroatoms. The van der Waals surface area contributed by atoms with E-state index < -0.39 is 24.6 Å². The summed E-state index contributed by atoms with van der Waals surface area (Å²) in [6, 6.07) is 6.07. The third kappa shape index (κ3) is 3.63. The van der Waals surface area contributed by atoms with Crippen LogP contribution in [0, 0.1) is 0 Å². The van der Waals surface area contributed by atoms with E-state index in [4.69, 9.17) is 16.7 Å². The van der Waals surface area contributed by atoms with Gasteiger partial charge in [-0.2, -0.15) is 0 Å². The maximum absolute atomic E-state index is 13.3. The molecule has 1 aliphatic rings. The SMILES string of the molecule is OCC1CC(F)(F)CN1CC(O)c1cccc(Cl)c1. The summed E-state index contributed by atoms with van der Waals surface area (Å²) in [5.41, 5.74) is 0.583. The van der Waals surface area contributed by atoms with Crippen LogP contribution in [0.4, 0.5) is 8.78 Å². The van der Waals surface area contributed by atoms with Gasteiger partial charge < -0.3 is 10.2 Å². The lowest BCUT2D eigenvalue weighted by molar-refractivity contribution is 0.00741. The maximum atomic E-state index is 13.3. The highest BCUT2D eigenvalue weighted by Gasteiger charge is 2.44. The number of aliphatic hydroxyl groups excluding tert-OH is 2. The molecule has 0 bridgehead atoms. The largest absolute Gasteiger partial charge is 0.395 e. The van der Waals surface area contributed by atoms with Crippen molar-refractivity contribution in [2.75, 3.05) is 19.7 Å². The Bertz CT molecular complexity index is 444. The molecule has 1 saturated heterocycles. The first-order valence-electron chi connectivity index (χ1n) is 6.07. The van der Waals surface area contributed by atoms with Gasteiger partial charge in [-0.1, -0.05) is 23.7 Å². The molecule has 0 aliphatic carbocycles. The quantitative estimate of drug-likeness (QED) is 0.893. The molecule has 2 unspecified atom stereocenters. The molecular weight excluding hydrogens is 276 g/mol. The van der Waals surface area contributed by atoms with Crippen molar-refractivity contribution in [1.82, 2.24) is 4.90 Å². The first kappa shape index (κ1) is 14.7. The second-order valence-corrected chi connectivity index (χ2v) is 5.33. The highest BCUT2D eigenvalue weighted by molar-refractivity contribution is 6.30. The molecule has 1 aliphatic heterocycles. The third-order valence-electron chi connectivity index (χ3n) is 3.34. The number of alkyl halides is 2. The molecule has 0 saturated carbocycles. The maximum Gasteiger partial charge on any atom is 0.262 e. The van der Waals surface area contributed by atoms with Crippen LogP contribution in [0.15, 0.2) is 24.3 Å². The summed E-state index contributed by atoms with van der Waals surface area (Å²) in [6.07, 6.45) is -1.27. The molecule has 1 aromatic carbocycles. The number of hydrogen-bond acceptors (Lipinski definition) is 3. The summed E-state index contributed by atoms with van der Waals surface area (Å²) in [7, 11) is 0. The molecule has 2 atom stereocenters. The molecule has 2 rings (SSSR count). The van der Waals surface area contributed by atoms with Gasteiger partial charge in [-0.15, -0.1) is 0 Å². The Labute approximate surface area is 115 Å². The zero-order valence-electron chi connectivity index (χ0n) is 10.3. The van der Waals surface area contributed by atoms with E-state index in [1.807, 2.05) is 0 Å². The normalized spacial score (nSPS) is 24.6. The molecule has 1 aromatic rings. The van der Waals surface area contributed by atoms with E-state index >= 15 is 0 Å². The minimum Gasteiger partial charge on any atom is -0.395 e. The molecular formula is C13H16ClF2NO2. The van der Waals surface area contributed by atoms with E-state index in [1.54, 1.807) is 24.3 Å². The predicted molar refractivity (Wildman–Crippen MR) is 68.4 cm³/mol. The van der Waals surface area contributed by atoms with Crippen molar-refractivity contribution in [2.45, 2.75) is 24.5 Å². The molecule has 0 amide bonds. The van der Waals surface area contributed by atoms with Crippen molar-refractivity contribution >= 4 is 11.6 Å². The van der Waals surface area contributed by atoms with Gasteiger partial charge in [0.1, 0.15) is 0 Å². The van der Waals surface area contributed by atoms with Crippen LogP contribution in [0.3, 0.4) is 0 Å². The lowest BCUT2D eigenvalue weighted by Gasteiger charge is -2.25. The minimum atomic E-state index is -2.80. The van der Waals surface area contributed by atoms with Gasteiger partial charge in [0.25, 0.3) is 5.92 Å².